The van der Waals surface area contributed by atoms with Crippen LogP contribution in [-0.2, 0) is 10.0 Å². The van der Waals surface area contributed by atoms with Gasteiger partial charge in [-0.25, -0.2) is 8.42 Å². The van der Waals surface area contributed by atoms with Crippen molar-refractivity contribution in [2.24, 2.45) is 0 Å². The zero-order valence-corrected chi connectivity index (χ0v) is 25.0. The average molecular weight is 677 g/mol. The lowest BCUT2D eigenvalue weighted by molar-refractivity contribution is 0.102. The molecule has 0 aliphatic rings. The second kappa shape index (κ2) is 11.7. The maximum atomic E-state index is 13.2. The molecule has 0 aromatic heterocycles. The summed E-state index contributed by atoms with van der Waals surface area (Å²) in [4.78, 5) is 13.3. The molecule has 0 fully saturated rings. The minimum absolute atomic E-state index is 0.00186. The van der Waals surface area contributed by atoms with Crippen molar-refractivity contribution in [3.05, 3.63) is 122 Å². The van der Waals surface area contributed by atoms with Gasteiger partial charge in [-0.3, -0.25) is 9.52 Å². The fraction of sp³-hybridized carbons (Fsp3) is 0. The lowest BCUT2D eigenvalue weighted by Crippen LogP contribution is -2.18. The molecule has 0 bridgehead atoms. The molecule has 11 heteroatoms. The number of fused-ring (bicyclic) bond motifs is 1. The van der Waals surface area contributed by atoms with Crippen LogP contribution in [0.4, 0.5) is 11.4 Å². The van der Waals surface area contributed by atoms with Gasteiger partial charge in [0.2, 0.25) is 0 Å². The van der Waals surface area contributed by atoms with Crippen LogP contribution < -0.4 is 14.8 Å². The summed E-state index contributed by atoms with van der Waals surface area (Å²) < 4.78 is 35.0. The number of hydrogen-bond donors (Lipinski definition) is 2. The predicted octanol–water partition coefficient (Wildman–Crippen LogP) is 9.41. The van der Waals surface area contributed by atoms with Crippen molar-refractivity contribution >= 4 is 88.8 Å². The van der Waals surface area contributed by atoms with Gasteiger partial charge >= 0.3 is 0 Å². The van der Waals surface area contributed by atoms with Gasteiger partial charge in [-0.2, -0.15) is 0 Å². The van der Waals surface area contributed by atoms with E-state index in [9.17, 15) is 13.2 Å². The Bertz CT molecular complexity index is 1870. The first-order chi connectivity index (χ1) is 19.1. The number of carbonyl (C=O) groups excluding carboxylic acids is 1. The summed E-state index contributed by atoms with van der Waals surface area (Å²) in [6.45, 7) is 0. The molecule has 0 heterocycles. The maximum absolute atomic E-state index is 13.2. The highest BCUT2D eigenvalue weighted by Crippen LogP contribution is 2.37. The molecule has 5 aromatic rings. The van der Waals surface area contributed by atoms with Crippen molar-refractivity contribution in [2.75, 3.05) is 10.0 Å². The zero-order valence-electron chi connectivity index (χ0n) is 20.3. The Labute approximate surface area is 254 Å². The van der Waals surface area contributed by atoms with Crippen LogP contribution in [0.3, 0.4) is 0 Å². The van der Waals surface area contributed by atoms with E-state index >= 15 is 0 Å². The molecule has 202 valence electrons. The highest BCUT2D eigenvalue weighted by molar-refractivity contribution is 9.10. The molecule has 0 aliphatic carbocycles. The van der Waals surface area contributed by atoms with Crippen LogP contribution in [0.15, 0.2) is 106 Å². The highest BCUT2D eigenvalue weighted by Gasteiger charge is 2.20. The molecule has 5 aromatic carbocycles. The van der Waals surface area contributed by atoms with E-state index in [2.05, 4.69) is 26.0 Å². The zero-order chi connectivity index (χ0) is 28.4. The van der Waals surface area contributed by atoms with Crippen LogP contribution in [0.25, 0.3) is 10.8 Å². The molecule has 0 spiro atoms. The predicted molar refractivity (Wildman–Crippen MR) is 165 cm³/mol. The van der Waals surface area contributed by atoms with Crippen LogP contribution >= 0.6 is 50.7 Å². The number of sulfonamides is 1. The van der Waals surface area contributed by atoms with Crippen LogP contribution in [0, 0.1) is 0 Å². The van der Waals surface area contributed by atoms with Gasteiger partial charge in [-0.1, -0.05) is 75.0 Å². The lowest BCUT2D eigenvalue weighted by atomic mass is 10.1. The van der Waals surface area contributed by atoms with E-state index in [1.165, 1.54) is 36.4 Å². The first kappa shape index (κ1) is 28.3. The summed E-state index contributed by atoms with van der Waals surface area (Å²) in [6, 6.07) is 26.2. The number of carbonyl (C=O) groups is 1. The maximum Gasteiger partial charge on any atom is 0.261 e. The number of hydrogen-bond acceptors (Lipinski definition) is 4. The fourth-order valence-corrected chi connectivity index (χ4v) is 5.93. The quantitative estimate of drug-likeness (QED) is 0.180. The number of benzene rings is 5. The lowest BCUT2D eigenvalue weighted by Gasteiger charge is -2.15. The summed E-state index contributed by atoms with van der Waals surface area (Å²) in [5.74, 6) is 0.403. The Morgan fingerprint density at radius 2 is 1.45 bits per heavy atom. The van der Waals surface area contributed by atoms with Gasteiger partial charge in [0.1, 0.15) is 11.5 Å². The second-order valence-corrected chi connectivity index (χ2v) is 12.4. The summed E-state index contributed by atoms with van der Waals surface area (Å²) in [5, 5.41) is 5.70. The summed E-state index contributed by atoms with van der Waals surface area (Å²) in [6.07, 6.45) is 0. The minimum atomic E-state index is -3.98. The van der Waals surface area contributed by atoms with Gasteiger partial charge in [-0.05, 0) is 72.8 Å². The topological polar surface area (TPSA) is 84.5 Å². The van der Waals surface area contributed by atoms with Crippen molar-refractivity contribution in [1.82, 2.24) is 0 Å². The summed E-state index contributed by atoms with van der Waals surface area (Å²) >= 11 is 22.0. The molecule has 0 radical (unpaired) electrons. The number of rotatable bonds is 7. The largest absolute Gasteiger partial charge is 0.455 e. The molecule has 40 heavy (non-hydrogen) atoms. The van der Waals surface area contributed by atoms with Crippen LogP contribution in [0.5, 0.6) is 11.5 Å². The number of anilines is 2. The third-order valence-corrected chi connectivity index (χ3v) is 8.59. The fourth-order valence-electron chi connectivity index (χ4n) is 3.91. The molecule has 0 unspecified atom stereocenters. The number of nitrogens with one attached hydrogen (secondary N) is 2. The van der Waals surface area contributed by atoms with E-state index in [4.69, 9.17) is 39.5 Å². The SMILES string of the molecule is O=C(Nc1ccc(Oc2ccc(Cl)c3ccccc23)c(Cl)c1)c1cc(Br)ccc1NS(=O)(=O)c1ccc(Cl)cc1. The Morgan fingerprint density at radius 3 is 2.17 bits per heavy atom. The Hall–Kier alpha value is -3.27. The third-order valence-electron chi connectivity index (χ3n) is 5.84. The second-order valence-electron chi connectivity index (χ2n) is 8.54. The third kappa shape index (κ3) is 6.22. The molecule has 5 rings (SSSR count). The first-order valence-electron chi connectivity index (χ1n) is 11.6. The molecule has 0 saturated carbocycles. The first-order valence-corrected chi connectivity index (χ1v) is 15.1. The van der Waals surface area contributed by atoms with Gasteiger partial charge in [0.25, 0.3) is 15.9 Å². The van der Waals surface area contributed by atoms with E-state index in [-0.39, 0.29) is 21.2 Å². The normalized spacial score (nSPS) is 11.3. The van der Waals surface area contributed by atoms with Crippen molar-refractivity contribution < 1.29 is 17.9 Å². The van der Waals surface area contributed by atoms with Gasteiger partial charge in [0.05, 0.1) is 21.2 Å². The van der Waals surface area contributed by atoms with Crippen molar-refractivity contribution in [3.8, 4) is 11.5 Å². The highest BCUT2D eigenvalue weighted by atomic mass is 79.9. The van der Waals surface area contributed by atoms with Gasteiger partial charge in [0.15, 0.2) is 0 Å². The van der Waals surface area contributed by atoms with E-state index < -0.39 is 15.9 Å². The van der Waals surface area contributed by atoms with E-state index in [1.54, 1.807) is 36.4 Å². The average Bonchev–Trinajstić information content (AvgIpc) is 2.93. The van der Waals surface area contributed by atoms with Crippen molar-refractivity contribution in [2.45, 2.75) is 4.90 Å². The van der Waals surface area contributed by atoms with E-state index in [1.807, 2.05) is 24.3 Å². The monoisotopic (exact) mass is 674 g/mol. The molecule has 0 atom stereocenters. The Morgan fingerprint density at radius 1 is 0.750 bits per heavy atom. The summed E-state index contributed by atoms with van der Waals surface area (Å²) in [5.41, 5.74) is 0.571. The number of amides is 1. The van der Waals surface area contributed by atoms with Gasteiger partial charge < -0.3 is 10.1 Å². The Kier molecular flexibility index (Phi) is 8.26. The molecule has 1 amide bonds. The minimum Gasteiger partial charge on any atom is -0.455 e. The molecular weight excluding hydrogens is 659 g/mol. The van der Waals surface area contributed by atoms with Gasteiger partial charge in [0, 0.05) is 31.0 Å². The van der Waals surface area contributed by atoms with Crippen LogP contribution in [-0.4, -0.2) is 14.3 Å². The van der Waals surface area contributed by atoms with Crippen molar-refractivity contribution in [3.63, 3.8) is 0 Å². The Balaban J connectivity index is 1.37. The molecule has 6 nitrogen and oxygen atoms in total. The molecule has 0 aliphatic heterocycles. The van der Waals surface area contributed by atoms with Gasteiger partial charge in [-0.15, -0.1) is 0 Å². The molecule has 0 saturated heterocycles. The van der Waals surface area contributed by atoms with E-state index in [0.29, 0.717) is 31.7 Å². The summed E-state index contributed by atoms with van der Waals surface area (Å²) in [7, 11) is -3.98. The van der Waals surface area contributed by atoms with Crippen LogP contribution in [0.2, 0.25) is 15.1 Å². The molecule has 2 N–H and O–H groups in total. The standard InChI is InChI=1S/C29H18BrCl3N2O4S/c30-17-5-12-26(35-40(37,38)20-9-6-18(31)7-10-20)23(15-17)29(36)34-19-8-13-28(25(33)16-19)39-27-14-11-24(32)21-3-1-2-4-22(21)27/h1-16,35H,(H,34,36). The number of halogens is 4. The number of ether oxygens (including phenoxy) is 1. The smallest absolute Gasteiger partial charge is 0.261 e. The van der Waals surface area contributed by atoms with Crippen molar-refractivity contribution in [1.29, 1.82) is 0 Å². The molecular formula is C29H18BrCl3N2O4S. The van der Waals surface area contributed by atoms with Crippen LogP contribution in [0.1, 0.15) is 10.4 Å². The van der Waals surface area contributed by atoms with E-state index in [0.717, 1.165) is 10.8 Å².